The van der Waals surface area contributed by atoms with Gasteiger partial charge >= 0.3 is 0 Å². The van der Waals surface area contributed by atoms with Gasteiger partial charge in [0.15, 0.2) is 0 Å². The van der Waals surface area contributed by atoms with E-state index in [1.807, 2.05) is 31.2 Å². The molecular formula is C20H27N5O3. The van der Waals surface area contributed by atoms with E-state index in [2.05, 4.69) is 25.5 Å². The minimum atomic E-state index is -0.208. The summed E-state index contributed by atoms with van der Waals surface area (Å²) in [5.74, 6) is 1.60. The summed E-state index contributed by atoms with van der Waals surface area (Å²) in [6.45, 7) is 8.93. The molecule has 0 bridgehead atoms. The number of aryl methyl sites for hydroxylation is 1. The molecule has 1 aromatic heterocycles. The van der Waals surface area contributed by atoms with Crippen LogP contribution in [0.2, 0.25) is 0 Å². The zero-order valence-electron chi connectivity index (χ0n) is 16.4. The summed E-state index contributed by atoms with van der Waals surface area (Å²) in [5.41, 5.74) is 1.13. The van der Waals surface area contributed by atoms with Crippen molar-refractivity contribution in [3.8, 4) is 5.75 Å². The van der Waals surface area contributed by atoms with Gasteiger partial charge in [-0.25, -0.2) is 9.97 Å². The van der Waals surface area contributed by atoms with Crippen LogP contribution < -0.4 is 15.4 Å². The number of carbonyl (C=O) groups is 1. The predicted octanol–water partition coefficient (Wildman–Crippen LogP) is 1.99. The molecule has 1 fully saturated rings. The molecule has 0 spiro atoms. The van der Waals surface area contributed by atoms with Crippen LogP contribution in [0.15, 0.2) is 30.3 Å². The Balaban J connectivity index is 1.63. The van der Waals surface area contributed by atoms with Crippen LogP contribution >= 0.6 is 0 Å². The predicted molar refractivity (Wildman–Crippen MR) is 107 cm³/mol. The lowest BCUT2D eigenvalue weighted by Gasteiger charge is -2.26. The van der Waals surface area contributed by atoms with Gasteiger partial charge in [0.25, 0.3) is 5.91 Å². The number of carbonyl (C=O) groups excluding carboxylic acids is 1. The molecule has 1 saturated heterocycles. The summed E-state index contributed by atoms with van der Waals surface area (Å²) in [5, 5.41) is 6.16. The third-order valence-corrected chi connectivity index (χ3v) is 4.34. The Morgan fingerprint density at radius 1 is 1.25 bits per heavy atom. The van der Waals surface area contributed by atoms with Crippen LogP contribution in [-0.2, 0) is 4.74 Å². The van der Waals surface area contributed by atoms with Gasteiger partial charge < -0.3 is 20.1 Å². The molecule has 8 nitrogen and oxygen atoms in total. The minimum Gasteiger partial charge on any atom is -0.492 e. The van der Waals surface area contributed by atoms with Gasteiger partial charge in [0.1, 0.15) is 23.1 Å². The standard InChI is InChI=1S/C20H27N5O3/c1-3-28-18-7-5-4-6-16(18)24-19-14-17(22-15(2)23-19)20(26)21-8-9-25-10-12-27-13-11-25/h4-7,14H,3,8-13H2,1-2H3,(H,21,26)(H,22,23,24). The van der Waals surface area contributed by atoms with Crippen LogP contribution in [0.3, 0.4) is 0 Å². The summed E-state index contributed by atoms with van der Waals surface area (Å²) in [6, 6.07) is 9.27. The molecule has 1 amide bonds. The summed E-state index contributed by atoms with van der Waals surface area (Å²) in [6.07, 6.45) is 0. The molecule has 2 N–H and O–H groups in total. The highest BCUT2D eigenvalue weighted by molar-refractivity contribution is 5.93. The second kappa shape index (κ2) is 10.0. The molecule has 3 rings (SSSR count). The highest BCUT2D eigenvalue weighted by Crippen LogP contribution is 2.26. The highest BCUT2D eigenvalue weighted by atomic mass is 16.5. The molecular weight excluding hydrogens is 358 g/mol. The van der Waals surface area contributed by atoms with Crippen molar-refractivity contribution in [3.05, 3.63) is 41.9 Å². The van der Waals surface area contributed by atoms with Crippen LogP contribution in [0.5, 0.6) is 5.75 Å². The monoisotopic (exact) mass is 385 g/mol. The Hall–Kier alpha value is -2.71. The van der Waals surface area contributed by atoms with Crippen molar-refractivity contribution in [1.82, 2.24) is 20.2 Å². The number of rotatable bonds is 8. The van der Waals surface area contributed by atoms with Gasteiger partial charge in [-0.2, -0.15) is 0 Å². The molecule has 0 radical (unpaired) electrons. The van der Waals surface area contributed by atoms with Crippen molar-refractivity contribution in [2.24, 2.45) is 0 Å². The maximum Gasteiger partial charge on any atom is 0.270 e. The average molecular weight is 385 g/mol. The van der Waals surface area contributed by atoms with E-state index in [1.54, 1.807) is 13.0 Å². The van der Waals surface area contributed by atoms with Gasteiger partial charge in [-0.1, -0.05) is 12.1 Å². The van der Waals surface area contributed by atoms with Crippen molar-refractivity contribution in [3.63, 3.8) is 0 Å². The number of ether oxygens (including phenoxy) is 2. The highest BCUT2D eigenvalue weighted by Gasteiger charge is 2.14. The molecule has 0 atom stereocenters. The Bertz CT molecular complexity index is 793. The van der Waals surface area contributed by atoms with Crippen molar-refractivity contribution in [2.75, 3.05) is 51.3 Å². The van der Waals surface area contributed by atoms with Crippen LogP contribution in [0.25, 0.3) is 0 Å². The Morgan fingerprint density at radius 3 is 2.82 bits per heavy atom. The zero-order valence-corrected chi connectivity index (χ0v) is 16.4. The number of morpholine rings is 1. The molecule has 1 aliphatic heterocycles. The summed E-state index contributed by atoms with van der Waals surface area (Å²) in [7, 11) is 0. The summed E-state index contributed by atoms with van der Waals surface area (Å²) >= 11 is 0. The lowest BCUT2D eigenvalue weighted by molar-refractivity contribution is 0.0383. The van der Waals surface area contributed by atoms with Gasteiger partial charge in [0.05, 0.1) is 25.5 Å². The van der Waals surface area contributed by atoms with E-state index in [4.69, 9.17) is 9.47 Å². The molecule has 8 heteroatoms. The summed E-state index contributed by atoms with van der Waals surface area (Å²) < 4.78 is 11.0. The number of para-hydroxylation sites is 2. The largest absolute Gasteiger partial charge is 0.492 e. The van der Waals surface area contributed by atoms with E-state index < -0.39 is 0 Å². The Labute approximate surface area is 165 Å². The van der Waals surface area contributed by atoms with E-state index in [-0.39, 0.29) is 5.91 Å². The first-order valence-corrected chi connectivity index (χ1v) is 9.58. The topological polar surface area (TPSA) is 88.6 Å². The van der Waals surface area contributed by atoms with E-state index in [0.29, 0.717) is 30.5 Å². The lowest BCUT2D eigenvalue weighted by atomic mass is 10.2. The van der Waals surface area contributed by atoms with Crippen molar-refractivity contribution >= 4 is 17.4 Å². The number of nitrogens with one attached hydrogen (secondary N) is 2. The number of amides is 1. The second-order valence-corrected chi connectivity index (χ2v) is 6.45. The van der Waals surface area contributed by atoms with Gasteiger partial charge in [0, 0.05) is 32.2 Å². The maximum atomic E-state index is 12.5. The van der Waals surface area contributed by atoms with Crippen LogP contribution in [-0.4, -0.2) is 66.8 Å². The first-order chi connectivity index (χ1) is 13.7. The van der Waals surface area contributed by atoms with Crippen LogP contribution in [0.4, 0.5) is 11.5 Å². The fraction of sp³-hybridized carbons (Fsp3) is 0.450. The van der Waals surface area contributed by atoms with Crippen LogP contribution in [0.1, 0.15) is 23.2 Å². The average Bonchev–Trinajstić information content (AvgIpc) is 2.70. The van der Waals surface area contributed by atoms with Crippen LogP contribution in [0, 0.1) is 6.92 Å². The lowest BCUT2D eigenvalue weighted by Crippen LogP contribution is -2.41. The molecule has 150 valence electrons. The third kappa shape index (κ3) is 5.64. The van der Waals surface area contributed by atoms with Gasteiger partial charge in [0.2, 0.25) is 0 Å². The van der Waals surface area contributed by atoms with Gasteiger partial charge in [-0.3, -0.25) is 9.69 Å². The van der Waals surface area contributed by atoms with Crippen molar-refractivity contribution in [2.45, 2.75) is 13.8 Å². The molecule has 2 aromatic rings. The Morgan fingerprint density at radius 2 is 2.04 bits per heavy atom. The third-order valence-electron chi connectivity index (χ3n) is 4.34. The second-order valence-electron chi connectivity index (χ2n) is 6.45. The fourth-order valence-electron chi connectivity index (χ4n) is 2.98. The van der Waals surface area contributed by atoms with E-state index in [0.717, 1.165) is 44.3 Å². The molecule has 1 aliphatic rings. The normalized spacial score (nSPS) is 14.5. The van der Waals surface area contributed by atoms with Gasteiger partial charge in [-0.05, 0) is 26.0 Å². The fourth-order valence-corrected chi connectivity index (χ4v) is 2.98. The summed E-state index contributed by atoms with van der Waals surface area (Å²) in [4.78, 5) is 23.4. The molecule has 0 unspecified atom stereocenters. The quantitative estimate of drug-likeness (QED) is 0.718. The first kappa shape index (κ1) is 20.0. The number of anilines is 2. The number of aromatic nitrogens is 2. The molecule has 0 aliphatic carbocycles. The smallest absolute Gasteiger partial charge is 0.270 e. The SMILES string of the molecule is CCOc1ccccc1Nc1cc(C(=O)NCCN2CCOCC2)nc(C)n1. The van der Waals surface area contributed by atoms with Crippen molar-refractivity contribution < 1.29 is 14.3 Å². The first-order valence-electron chi connectivity index (χ1n) is 9.58. The van der Waals surface area contributed by atoms with E-state index in [1.165, 1.54) is 0 Å². The van der Waals surface area contributed by atoms with Gasteiger partial charge in [-0.15, -0.1) is 0 Å². The van der Waals surface area contributed by atoms with Crippen molar-refractivity contribution in [1.29, 1.82) is 0 Å². The van der Waals surface area contributed by atoms with E-state index in [9.17, 15) is 4.79 Å². The molecule has 28 heavy (non-hydrogen) atoms. The molecule has 2 heterocycles. The number of hydrogen-bond donors (Lipinski definition) is 2. The molecule has 1 aromatic carbocycles. The number of benzene rings is 1. The minimum absolute atomic E-state index is 0.208. The molecule has 0 saturated carbocycles. The number of hydrogen-bond acceptors (Lipinski definition) is 7. The van der Waals surface area contributed by atoms with E-state index >= 15 is 0 Å². The number of nitrogens with zero attached hydrogens (tertiary/aromatic N) is 3. The zero-order chi connectivity index (χ0) is 19.8. The Kier molecular flexibility index (Phi) is 7.16. The maximum absolute atomic E-state index is 12.5.